The number of rotatable bonds is 3. The summed E-state index contributed by atoms with van der Waals surface area (Å²) in [5.74, 6) is -0.450. The van der Waals surface area contributed by atoms with Gasteiger partial charge >= 0.3 is 0 Å². The van der Waals surface area contributed by atoms with Crippen molar-refractivity contribution in [2.75, 3.05) is 31.1 Å². The minimum atomic E-state index is -0.498. The lowest BCUT2D eigenvalue weighted by Crippen LogP contribution is -2.45. The first kappa shape index (κ1) is 19.1. The summed E-state index contributed by atoms with van der Waals surface area (Å²) in [6.07, 6.45) is 0.852. The summed E-state index contributed by atoms with van der Waals surface area (Å²) in [5, 5.41) is 13.6. The highest BCUT2D eigenvalue weighted by atomic mass is 35.5. The molecule has 0 radical (unpaired) electrons. The van der Waals surface area contributed by atoms with Crippen LogP contribution in [0.15, 0.2) is 42.5 Å². The lowest BCUT2D eigenvalue weighted by molar-refractivity contribution is -0.118. The maximum absolute atomic E-state index is 15.7. The van der Waals surface area contributed by atoms with E-state index in [1.165, 1.54) is 17.6 Å². The molecule has 0 atom stereocenters. The van der Waals surface area contributed by atoms with E-state index < -0.39 is 5.82 Å². The summed E-state index contributed by atoms with van der Waals surface area (Å²) in [5.41, 5.74) is 1.03. The standard InChI is InChI=1S/C22H17ClFN3O2S/c23-18-11-17-21(25-30-22(17)27-7-5-26(12-28)6-8-27)20(24)19(18)16-10-14(29)9-13-3-1-2-4-15(13)16/h1-4,9-12,29H,5-8H2. The Morgan fingerprint density at radius 2 is 1.87 bits per heavy atom. The number of fused-ring (bicyclic) bond motifs is 2. The number of carbonyl (C=O) groups excluding carboxylic acids is 1. The van der Waals surface area contributed by atoms with E-state index in [1.807, 2.05) is 24.3 Å². The van der Waals surface area contributed by atoms with Crippen LogP contribution in [0.4, 0.5) is 9.39 Å². The Morgan fingerprint density at radius 1 is 1.10 bits per heavy atom. The molecule has 1 aromatic heterocycles. The van der Waals surface area contributed by atoms with Crippen LogP contribution in [0.3, 0.4) is 0 Å². The monoisotopic (exact) mass is 441 g/mol. The minimum absolute atomic E-state index is 0.0475. The molecule has 152 valence electrons. The highest BCUT2D eigenvalue weighted by molar-refractivity contribution is 7.11. The molecule has 0 unspecified atom stereocenters. The van der Waals surface area contributed by atoms with Crippen LogP contribution in [0.1, 0.15) is 0 Å². The van der Waals surface area contributed by atoms with E-state index in [1.54, 1.807) is 17.0 Å². The third kappa shape index (κ3) is 3.05. The molecule has 4 aromatic rings. The number of anilines is 1. The van der Waals surface area contributed by atoms with Crippen molar-refractivity contribution in [1.82, 2.24) is 9.27 Å². The molecule has 1 N–H and O–H groups in total. The molecule has 1 saturated heterocycles. The average molecular weight is 442 g/mol. The molecule has 2 heterocycles. The number of phenols is 1. The van der Waals surface area contributed by atoms with Gasteiger partial charge in [-0.15, -0.1) is 0 Å². The molecule has 1 amide bonds. The summed E-state index contributed by atoms with van der Waals surface area (Å²) in [6.45, 7) is 2.56. The van der Waals surface area contributed by atoms with Crippen LogP contribution in [0.2, 0.25) is 5.02 Å². The van der Waals surface area contributed by atoms with Crippen molar-refractivity contribution in [3.63, 3.8) is 0 Å². The third-order valence-corrected chi connectivity index (χ3v) is 6.74. The van der Waals surface area contributed by atoms with Gasteiger partial charge in [0.2, 0.25) is 6.41 Å². The highest BCUT2D eigenvalue weighted by Crippen LogP contribution is 2.43. The molecular formula is C22H17ClFN3O2S. The first-order chi connectivity index (χ1) is 14.6. The van der Waals surface area contributed by atoms with E-state index in [0.29, 0.717) is 37.1 Å². The third-order valence-electron chi connectivity index (χ3n) is 5.51. The number of hydrogen-bond donors (Lipinski definition) is 1. The molecule has 30 heavy (non-hydrogen) atoms. The quantitative estimate of drug-likeness (QED) is 0.460. The maximum Gasteiger partial charge on any atom is 0.209 e. The SMILES string of the molecule is O=CN1CCN(c2snc3c(F)c(-c4cc(O)cc5ccccc45)c(Cl)cc23)CC1. The lowest BCUT2D eigenvalue weighted by Gasteiger charge is -2.33. The van der Waals surface area contributed by atoms with E-state index >= 15 is 4.39 Å². The van der Waals surface area contributed by atoms with Crippen LogP contribution in [0.5, 0.6) is 5.75 Å². The van der Waals surface area contributed by atoms with Gasteiger partial charge in [0.15, 0.2) is 5.82 Å². The number of aromatic hydroxyl groups is 1. The Kier molecular flexibility index (Phi) is 4.72. The average Bonchev–Trinajstić information content (AvgIpc) is 3.17. The zero-order valence-corrected chi connectivity index (χ0v) is 17.4. The molecule has 3 aromatic carbocycles. The summed E-state index contributed by atoms with van der Waals surface area (Å²) in [4.78, 5) is 14.8. The van der Waals surface area contributed by atoms with Crippen molar-refractivity contribution in [3.05, 3.63) is 53.3 Å². The number of nitrogens with zero attached hydrogens (tertiary/aromatic N) is 3. The van der Waals surface area contributed by atoms with Crippen molar-refractivity contribution in [3.8, 4) is 16.9 Å². The smallest absolute Gasteiger partial charge is 0.209 e. The number of phenolic OH excluding ortho intramolecular Hbond substituents is 1. The molecule has 0 aliphatic carbocycles. The van der Waals surface area contributed by atoms with Gasteiger partial charge in [0.05, 0.1) is 5.02 Å². The molecule has 1 aliphatic rings. The fourth-order valence-corrected chi connectivity index (χ4v) is 5.21. The number of carbonyl (C=O) groups is 1. The Hall–Kier alpha value is -2.90. The van der Waals surface area contributed by atoms with Crippen molar-refractivity contribution in [1.29, 1.82) is 0 Å². The van der Waals surface area contributed by atoms with Gasteiger partial charge in [-0.05, 0) is 46.1 Å². The van der Waals surface area contributed by atoms with Gasteiger partial charge in [0.25, 0.3) is 0 Å². The molecule has 1 aliphatic heterocycles. The van der Waals surface area contributed by atoms with Crippen LogP contribution in [0, 0.1) is 5.82 Å². The first-order valence-corrected chi connectivity index (χ1v) is 10.7. The Balaban J connectivity index is 1.66. The topological polar surface area (TPSA) is 56.7 Å². The van der Waals surface area contributed by atoms with Crippen molar-refractivity contribution >= 4 is 56.2 Å². The number of halogens is 2. The molecular weight excluding hydrogens is 425 g/mol. The number of piperazine rings is 1. The number of aromatic nitrogens is 1. The maximum atomic E-state index is 15.7. The first-order valence-electron chi connectivity index (χ1n) is 9.50. The largest absolute Gasteiger partial charge is 0.508 e. The molecule has 5 nitrogen and oxygen atoms in total. The van der Waals surface area contributed by atoms with E-state index in [9.17, 15) is 9.90 Å². The summed E-state index contributed by atoms with van der Waals surface area (Å²) < 4.78 is 20.1. The molecule has 5 rings (SSSR count). The van der Waals surface area contributed by atoms with Crippen LogP contribution in [-0.2, 0) is 4.79 Å². The van der Waals surface area contributed by atoms with Crippen molar-refractivity contribution in [2.24, 2.45) is 0 Å². The molecule has 8 heteroatoms. The number of hydrogen-bond acceptors (Lipinski definition) is 5. The van der Waals surface area contributed by atoms with Gasteiger partial charge in [-0.3, -0.25) is 4.79 Å². The zero-order chi connectivity index (χ0) is 20.8. The van der Waals surface area contributed by atoms with Crippen LogP contribution in [-0.4, -0.2) is 47.0 Å². The molecule has 0 spiro atoms. The van der Waals surface area contributed by atoms with Crippen molar-refractivity contribution < 1.29 is 14.3 Å². The van der Waals surface area contributed by atoms with Gasteiger partial charge in [-0.1, -0.05) is 35.9 Å². The van der Waals surface area contributed by atoms with Crippen LogP contribution < -0.4 is 4.90 Å². The van der Waals surface area contributed by atoms with Gasteiger partial charge in [-0.25, -0.2) is 4.39 Å². The summed E-state index contributed by atoms with van der Waals surface area (Å²) in [7, 11) is 0. The Morgan fingerprint density at radius 3 is 2.63 bits per heavy atom. The van der Waals surface area contributed by atoms with E-state index in [2.05, 4.69) is 9.27 Å². The molecule has 0 bridgehead atoms. The second-order valence-electron chi connectivity index (χ2n) is 7.27. The van der Waals surface area contributed by atoms with Gasteiger partial charge < -0.3 is 14.9 Å². The summed E-state index contributed by atoms with van der Waals surface area (Å²) in [6, 6.07) is 12.4. The Bertz CT molecular complexity index is 1280. The van der Waals surface area contributed by atoms with Crippen LogP contribution in [0.25, 0.3) is 32.8 Å². The molecule has 0 saturated carbocycles. The van der Waals surface area contributed by atoms with Crippen LogP contribution >= 0.6 is 23.1 Å². The number of amides is 1. The number of benzene rings is 3. The predicted octanol–water partition coefficient (Wildman–Crippen LogP) is 4.89. The minimum Gasteiger partial charge on any atom is -0.508 e. The summed E-state index contributed by atoms with van der Waals surface area (Å²) >= 11 is 7.82. The normalized spacial score (nSPS) is 14.6. The second-order valence-corrected chi connectivity index (χ2v) is 8.43. The van der Waals surface area contributed by atoms with E-state index in [-0.39, 0.29) is 21.9 Å². The highest BCUT2D eigenvalue weighted by Gasteiger charge is 2.24. The fourth-order valence-electron chi connectivity index (χ4n) is 4.01. The molecule has 1 fully saturated rings. The van der Waals surface area contributed by atoms with Crippen molar-refractivity contribution in [2.45, 2.75) is 0 Å². The lowest BCUT2D eigenvalue weighted by atomic mass is 9.96. The van der Waals surface area contributed by atoms with E-state index in [4.69, 9.17) is 11.6 Å². The fraction of sp³-hybridized carbons (Fsp3) is 0.182. The van der Waals surface area contributed by atoms with E-state index in [0.717, 1.165) is 22.2 Å². The van der Waals surface area contributed by atoms with Gasteiger partial charge in [0, 0.05) is 37.1 Å². The van der Waals surface area contributed by atoms with Gasteiger partial charge in [-0.2, -0.15) is 4.37 Å². The zero-order valence-electron chi connectivity index (χ0n) is 15.8. The second kappa shape index (κ2) is 7.41. The predicted molar refractivity (Wildman–Crippen MR) is 119 cm³/mol. The Labute approximate surface area is 181 Å². The van der Waals surface area contributed by atoms with Gasteiger partial charge in [0.1, 0.15) is 16.3 Å².